The van der Waals surface area contributed by atoms with E-state index in [1.54, 1.807) is 19.1 Å². The smallest absolute Gasteiger partial charge is 0.341 e. The number of amides is 2. The molecule has 3 aromatic rings. The van der Waals surface area contributed by atoms with Gasteiger partial charge in [0.15, 0.2) is 11.5 Å². The first-order valence-corrected chi connectivity index (χ1v) is 11.2. The van der Waals surface area contributed by atoms with Gasteiger partial charge in [0.1, 0.15) is 5.00 Å². The molecule has 0 spiro atoms. The molecule has 8 nitrogen and oxygen atoms in total. The summed E-state index contributed by atoms with van der Waals surface area (Å²) in [5, 5.41) is 5.85. The monoisotopic (exact) mass is 482 g/mol. The molecule has 0 aliphatic carbocycles. The van der Waals surface area contributed by atoms with E-state index in [-0.39, 0.29) is 16.5 Å². The average molecular weight is 483 g/mol. The molecule has 178 valence electrons. The van der Waals surface area contributed by atoms with Crippen LogP contribution in [0.15, 0.2) is 36.4 Å². The SMILES string of the molecule is COC(=O)c1c(NC(=O)c2ccc(OC)c(OC)c2)sc(C(=O)Nc2cc(C)ccc2C)c1C. The maximum atomic E-state index is 13.1. The molecule has 0 aliphatic rings. The first-order chi connectivity index (χ1) is 16.2. The minimum atomic E-state index is -0.651. The zero-order valence-corrected chi connectivity index (χ0v) is 20.6. The van der Waals surface area contributed by atoms with Gasteiger partial charge >= 0.3 is 5.97 Å². The van der Waals surface area contributed by atoms with Gasteiger partial charge in [0.05, 0.1) is 31.8 Å². The van der Waals surface area contributed by atoms with E-state index in [4.69, 9.17) is 14.2 Å². The van der Waals surface area contributed by atoms with Crippen molar-refractivity contribution in [3.05, 3.63) is 69.1 Å². The van der Waals surface area contributed by atoms with Gasteiger partial charge < -0.3 is 24.8 Å². The fourth-order valence-corrected chi connectivity index (χ4v) is 4.45. The number of rotatable bonds is 7. The molecular formula is C25H26N2O6S. The number of hydrogen-bond acceptors (Lipinski definition) is 7. The Bertz CT molecular complexity index is 1260. The number of hydrogen-bond donors (Lipinski definition) is 2. The van der Waals surface area contributed by atoms with Gasteiger partial charge in [-0.3, -0.25) is 9.59 Å². The quantitative estimate of drug-likeness (QED) is 0.461. The van der Waals surface area contributed by atoms with Gasteiger partial charge in [-0.1, -0.05) is 12.1 Å². The van der Waals surface area contributed by atoms with Gasteiger partial charge in [0.2, 0.25) is 0 Å². The molecule has 0 atom stereocenters. The van der Waals surface area contributed by atoms with E-state index in [0.29, 0.717) is 33.2 Å². The lowest BCUT2D eigenvalue weighted by molar-refractivity contribution is 0.0601. The van der Waals surface area contributed by atoms with E-state index in [2.05, 4.69) is 10.6 Å². The van der Waals surface area contributed by atoms with Crippen LogP contribution in [-0.2, 0) is 4.74 Å². The summed E-state index contributed by atoms with van der Waals surface area (Å²) in [6.07, 6.45) is 0. The van der Waals surface area contributed by atoms with Crippen LogP contribution >= 0.6 is 11.3 Å². The van der Waals surface area contributed by atoms with Crippen LogP contribution in [0.25, 0.3) is 0 Å². The second kappa shape index (κ2) is 10.4. The van der Waals surface area contributed by atoms with Crippen molar-refractivity contribution in [3.63, 3.8) is 0 Å². The summed E-state index contributed by atoms with van der Waals surface area (Å²) in [7, 11) is 4.22. The summed E-state index contributed by atoms with van der Waals surface area (Å²) in [6.45, 7) is 5.47. The van der Waals surface area contributed by atoms with Crippen LogP contribution in [0, 0.1) is 20.8 Å². The Labute approximate surface area is 201 Å². The van der Waals surface area contributed by atoms with Gasteiger partial charge in [-0.05, 0) is 61.7 Å². The Hall–Kier alpha value is -3.85. The number of benzene rings is 2. The van der Waals surface area contributed by atoms with Crippen LogP contribution in [0.1, 0.15) is 47.1 Å². The third-order valence-corrected chi connectivity index (χ3v) is 6.46. The van der Waals surface area contributed by atoms with E-state index in [1.807, 2.05) is 32.0 Å². The van der Waals surface area contributed by atoms with E-state index in [1.165, 1.54) is 27.4 Å². The summed E-state index contributed by atoms with van der Waals surface area (Å²) in [4.78, 5) is 38.9. The van der Waals surface area contributed by atoms with Crippen molar-refractivity contribution in [1.82, 2.24) is 0 Å². The highest BCUT2D eigenvalue weighted by molar-refractivity contribution is 7.19. The first kappa shape index (κ1) is 24.8. The minimum absolute atomic E-state index is 0.132. The van der Waals surface area contributed by atoms with E-state index >= 15 is 0 Å². The maximum absolute atomic E-state index is 13.1. The van der Waals surface area contributed by atoms with Crippen molar-refractivity contribution in [2.24, 2.45) is 0 Å². The Morgan fingerprint density at radius 3 is 2.18 bits per heavy atom. The van der Waals surface area contributed by atoms with Crippen molar-refractivity contribution < 1.29 is 28.6 Å². The van der Waals surface area contributed by atoms with Crippen LogP contribution in [0.4, 0.5) is 10.7 Å². The molecule has 0 aliphatic heterocycles. The number of thiophene rings is 1. The predicted octanol–water partition coefficient (Wildman–Crippen LogP) is 4.98. The van der Waals surface area contributed by atoms with Crippen molar-refractivity contribution in [2.45, 2.75) is 20.8 Å². The average Bonchev–Trinajstić information content (AvgIpc) is 3.15. The van der Waals surface area contributed by atoms with Gasteiger partial charge in [0, 0.05) is 11.3 Å². The molecule has 2 amide bonds. The molecule has 0 radical (unpaired) electrons. The molecule has 34 heavy (non-hydrogen) atoms. The van der Waals surface area contributed by atoms with E-state index in [9.17, 15) is 14.4 Å². The van der Waals surface area contributed by atoms with Crippen molar-refractivity contribution in [3.8, 4) is 11.5 Å². The Morgan fingerprint density at radius 2 is 1.53 bits per heavy atom. The van der Waals surface area contributed by atoms with Crippen molar-refractivity contribution >= 4 is 39.8 Å². The molecule has 1 heterocycles. The zero-order valence-electron chi connectivity index (χ0n) is 19.8. The Kier molecular flexibility index (Phi) is 7.57. The molecule has 3 rings (SSSR count). The lowest BCUT2D eigenvalue weighted by Crippen LogP contribution is -2.15. The van der Waals surface area contributed by atoms with Gasteiger partial charge in [-0.15, -0.1) is 11.3 Å². The maximum Gasteiger partial charge on any atom is 0.341 e. The number of carbonyl (C=O) groups is 3. The fraction of sp³-hybridized carbons (Fsp3) is 0.240. The molecule has 2 aromatic carbocycles. The normalized spacial score (nSPS) is 10.4. The molecule has 2 N–H and O–H groups in total. The lowest BCUT2D eigenvalue weighted by Gasteiger charge is -2.10. The second-order valence-corrected chi connectivity index (χ2v) is 8.57. The number of carbonyl (C=O) groups excluding carboxylic acids is 3. The molecule has 0 unspecified atom stereocenters. The third kappa shape index (κ3) is 5.04. The molecule has 0 saturated heterocycles. The van der Waals surface area contributed by atoms with E-state index in [0.717, 1.165) is 22.5 Å². The highest BCUT2D eigenvalue weighted by Crippen LogP contribution is 2.35. The highest BCUT2D eigenvalue weighted by atomic mass is 32.1. The molecule has 0 bridgehead atoms. The van der Waals surface area contributed by atoms with Crippen LogP contribution in [0.3, 0.4) is 0 Å². The van der Waals surface area contributed by atoms with E-state index < -0.39 is 11.9 Å². The molecule has 1 aromatic heterocycles. The zero-order chi connectivity index (χ0) is 25.0. The summed E-state index contributed by atoms with van der Waals surface area (Å²) >= 11 is 1.01. The van der Waals surface area contributed by atoms with Crippen molar-refractivity contribution in [2.75, 3.05) is 32.0 Å². The Balaban J connectivity index is 1.95. The largest absolute Gasteiger partial charge is 0.493 e. The summed E-state index contributed by atoms with van der Waals surface area (Å²) in [5.41, 5.74) is 3.43. The minimum Gasteiger partial charge on any atom is -0.493 e. The highest BCUT2D eigenvalue weighted by Gasteiger charge is 2.27. The third-order valence-electron chi connectivity index (χ3n) is 5.26. The van der Waals surface area contributed by atoms with Gasteiger partial charge in [-0.2, -0.15) is 0 Å². The van der Waals surface area contributed by atoms with Crippen LogP contribution in [-0.4, -0.2) is 39.1 Å². The first-order valence-electron chi connectivity index (χ1n) is 10.3. The standard InChI is InChI=1S/C25H26N2O6S/c1-13-7-8-14(2)17(11-13)26-23(29)21-15(3)20(25(30)33-6)24(34-21)27-22(28)16-9-10-18(31-4)19(12-16)32-5/h7-12H,1-6H3,(H,26,29)(H,27,28). The number of nitrogens with one attached hydrogen (secondary N) is 2. The summed E-state index contributed by atoms with van der Waals surface area (Å²) in [5.74, 6) is -0.644. The number of methoxy groups -OCH3 is 3. The second-order valence-electron chi connectivity index (χ2n) is 7.55. The number of anilines is 2. The Morgan fingerprint density at radius 1 is 0.824 bits per heavy atom. The molecule has 9 heteroatoms. The summed E-state index contributed by atoms with van der Waals surface area (Å²) < 4.78 is 15.4. The van der Waals surface area contributed by atoms with Crippen LogP contribution < -0.4 is 20.1 Å². The lowest BCUT2D eigenvalue weighted by atomic mass is 10.1. The summed E-state index contributed by atoms with van der Waals surface area (Å²) in [6, 6.07) is 10.5. The number of ether oxygens (including phenoxy) is 3. The molecule has 0 saturated carbocycles. The predicted molar refractivity (Wildman–Crippen MR) is 132 cm³/mol. The number of esters is 1. The van der Waals surface area contributed by atoms with Crippen LogP contribution in [0.5, 0.6) is 11.5 Å². The molecule has 0 fully saturated rings. The van der Waals surface area contributed by atoms with Crippen LogP contribution in [0.2, 0.25) is 0 Å². The number of aryl methyl sites for hydroxylation is 2. The van der Waals surface area contributed by atoms with Crippen molar-refractivity contribution in [1.29, 1.82) is 0 Å². The van der Waals surface area contributed by atoms with Gasteiger partial charge in [0.25, 0.3) is 11.8 Å². The molecular weight excluding hydrogens is 456 g/mol. The fourth-order valence-electron chi connectivity index (χ4n) is 3.37. The van der Waals surface area contributed by atoms with Gasteiger partial charge in [-0.25, -0.2) is 4.79 Å². The topological polar surface area (TPSA) is 103 Å².